The minimum Gasteiger partial charge on any atom is -0.461 e. The summed E-state index contributed by atoms with van der Waals surface area (Å²) < 4.78 is 6.28. The first-order valence-electron chi connectivity index (χ1n) is 7.71. The number of hydrogen-bond acceptors (Lipinski definition) is 6. The molecule has 0 amide bonds. The van der Waals surface area contributed by atoms with E-state index in [1.54, 1.807) is 25.3 Å². The molecule has 0 atom stereocenters. The molecule has 0 fully saturated rings. The molecule has 0 saturated heterocycles. The van der Waals surface area contributed by atoms with Crippen molar-refractivity contribution in [1.82, 2.24) is 14.8 Å². The summed E-state index contributed by atoms with van der Waals surface area (Å²) in [4.78, 5) is 37.9. The van der Waals surface area contributed by atoms with E-state index < -0.39 is 16.7 Å². The van der Waals surface area contributed by atoms with Gasteiger partial charge in [-0.2, -0.15) is 5.10 Å². The normalized spacial score (nSPS) is 10.5. The van der Waals surface area contributed by atoms with E-state index in [1.807, 2.05) is 0 Å². The molecule has 2 aromatic heterocycles. The highest BCUT2D eigenvalue weighted by molar-refractivity contribution is 6.12. The van der Waals surface area contributed by atoms with Gasteiger partial charge in [-0.25, -0.2) is 9.48 Å². The van der Waals surface area contributed by atoms with Crippen LogP contribution >= 0.6 is 0 Å². The first kappa shape index (κ1) is 17.1. The minimum absolute atomic E-state index is 0.0734. The van der Waals surface area contributed by atoms with Crippen LogP contribution in [0.4, 0.5) is 5.69 Å². The topological polar surface area (TPSA) is 120 Å². The lowest BCUT2D eigenvalue weighted by Gasteiger charge is -2.01. The number of aromatic amines is 1. The van der Waals surface area contributed by atoms with E-state index in [0.29, 0.717) is 11.4 Å². The van der Waals surface area contributed by atoms with Crippen LogP contribution in [0.3, 0.4) is 0 Å². The number of rotatable bonds is 6. The number of nitrogens with one attached hydrogen (secondary N) is 1. The second kappa shape index (κ2) is 7.01. The molecule has 2 heterocycles. The Morgan fingerprint density at radius 2 is 2.00 bits per heavy atom. The number of H-pyrrole nitrogens is 1. The van der Waals surface area contributed by atoms with Crippen LogP contribution in [0.15, 0.2) is 48.8 Å². The maximum absolute atomic E-state index is 12.6. The van der Waals surface area contributed by atoms with E-state index >= 15 is 0 Å². The van der Waals surface area contributed by atoms with Crippen LogP contribution in [0.1, 0.15) is 33.5 Å². The number of hydrogen-bond donors (Lipinski definition) is 1. The number of esters is 1. The van der Waals surface area contributed by atoms with Gasteiger partial charge in [-0.3, -0.25) is 14.9 Å². The van der Waals surface area contributed by atoms with E-state index in [9.17, 15) is 19.7 Å². The van der Waals surface area contributed by atoms with Crippen LogP contribution < -0.4 is 0 Å². The molecule has 9 heteroatoms. The number of carbonyl (C=O) groups excluding carboxylic acids is 2. The fourth-order valence-corrected chi connectivity index (χ4v) is 2.37. The van der Waals surface area contributed by atoms with E-state index in [0.717, 1.165) is 0 Å². The Balaban J connectivity index is 2.04. The van der Waals surface area contributed by atoms with Gasteiger partial charge in [-0.05, 0) is 31.2 Å². The van der Waals surface area contributed by atoms with Gasteiger partial charge in [-0.1, -0.05) is 0 Å². The van der Waals surface area contributed by atoms with E-state index in [2.05, 4.69) is 10.1 Å². The third-order valence-electron chi connectivity index (χ3n) is 3.60. The Kier molecular flexibility index (Phi) is 4.61. The van der Waals surface area contributed by atoms with Crippen LogP contribution in [-0.2, 0) is 4.74 Å². The van der Waals surface area contributed by atoms with Crippen LogP contribution in [0.25, 0.3) is 5.69 Å². The molecule has 26 heavy (non-hydrogen) atoms. The highest BCUT2D eigenvalue weighted by Crippen LogP contribution is 2.19. The molecule has 0 saturated carbocycles. The zero-order valence-corrected chi connectivity index (χ0v) is 13.7. The van der Waals surface area contributed by atoms with Gasteiger partial charge in [0.25, 0.3) is 5.69 Å². The molecule has 0 aliphatic rings. The predicted octanol–water partition coefficient (Wildman–Crippen LogP) is 2.52. The first-order chi connectivity index (χ1) is 12.5. The summed E-state index contributed by atoms with van der Waals surface area (Å²) in [5, 5.41) is 14.9. The van der Waals surface area contributed by atoms with E-state index in [-0.39, 0.29) is 23.6 Å². The highest BCUT2D eigenvalue weighted by Gasteiger charge is 2.25. The molecular formula is C17H14N4O5. The van der Waals surface area contributed by atoms with Crippen molar-refractivity contribution >= 4 is 17.4 Å². The molecule has 0 bridgehead atoms. The third kappa shape index (κ3) is 3.22. The zero-order chi connectivity index (χ0) is 18.7. The maximum atomic E-state index is 12.6. The molecule has 3 aromatic rings. The Labute approximate surface area is 147 Å². The van der Waals surface area contributed by atoms with Crippen LogP contribution in [0.5, 0.6) is 0 Å². The van der Waals surface area contributed by atoms with Crippen molar-refractivity contribution in [1.29, 1.82) is 0 Å². The van der Waals surface area contributed by atoms with Gasteiger partial charge in [0.2, 0.25) is 5.78 Å². The Morgan fingerprint density at radius 1 is 1.27 bits per heavy atom. The summed E-state index contributed by atoms with van der Waals surface area (Å²) in [6.07, 6.45) is 2.99. The lowest BCUT2D eigenvalue weighted by Crippen LogP contribution is -2.12. The number of non-ortho nitro benzene ring substituents is 1. The lowest BCUT2D eigenvalue weighted by molar-refractivity contribution is -0.384. The Bertz CT molecular complexity index is 958. The van der Waals surface area contributed by atoms with Crippen molar-refractivity contribution in [3.63, 3.8) is 0 Å². The van der Waals surface area contributed by atoms with Crippen LogP contribution in [0.2, 0.25) is 0 Å². The molecule has 9 nitrogen and oxygen atoms in total. The molecule has 0 unspecified atom stereocenters. The molecule has 1 N–H and O–H groups in total. The van der Waals surface area contributed by atoms with Gasteiger partial charge >= 0.3 is 5.97 Å². The number of carbonyl (C=O) groups is 2. The molecule has 0 radical (unpaired) electrons. The molecule has 132 valence electrons. The minimum atomic E-state index is -0.719. The summed E-state index contributed by atoms with van der Waals surface area (Å²) >= 11 is 0. The smallest absolute Gasteiger partial charge is 0.359 e. The molecular weight excluding hydrogens is 340 g/mol. The lowest BCUT2D eigenvalue weighted by atomic mass is 10.1. The second-order valence-electron chi connectivity index (χ2n) is 5.24. The van der Waals surface area contributed by atoms with E-state index in [1.165, 1.54) is 35.1 Å². The van der Waals surface area contributed by atoms with Gasteiger partial charge in [0, 0.05) is 24.5 Å². The van der Waals surface area contributed by atoms with Gasteiger partial charge in [-0.15, -0.1) is 0 Å². The van der Waals surface area contributed by atoms with Gasteiger partial charge in [0.05, 0.1) is 28.5 Å². The summed E-state index contributed by atoms with van der Waals surface area (Å²) in [5.41, 5.74) is 0.647. The number of benzene rings is 1. The number of aromatic nitrogens is 3. The van der Waals surface area contributed by atoms with Gasteiger partial charge < -0.3 is 9.72 Å². The fourth-order valence-electron chi connectivity index (χ4n) is 2.37. The highest BCUT2D eigenvalue weighted by atomic mass is 16.6. The van der Waals surface area contributed by atoms with Crippen molar-refractivity contribution < 1.29 is 19.2 Å². The van der Waals surface area contributed by atoms with Crippen molar-refractivity contribution in [2.75, 3.05) is 6.61 Å². The molecule has 0 aliphatic carbocycles. The average Bonchev–Trinajstić information content (AvgIpc) is 3.31. The maximum Gasteiger partial charge on any atom is 0.359 e. The Hall–Kier alpha value is -3.75. The van der Waals surface area contributed by atoms with Gasteiger partial charge in [0.1, 0.15) is 0 Å². The number of ether oxygens (including phenoxy) is 1. The van der Waals surface area contributed by atoms with E-state index in [4.69, 9.17) is 4.74 Å². The second-order valence-corrected chi connectivity index (χ2v) is 5.24. The molecule has 0 aliphatic heterocycles. The number of nitrogens with zero attached hydrogens (tertiary/aromatic N) is 3. The third-order valence-corrected chi connectivity index (χ3v) is 3.60. The van der Waals surface area contributed by atoms with Crippen molar-refractivity contribution in [2.24, 2.45) is 0 Å². The Morgan fingerprint density at radius 3 is 2.58 bits per heavy atom. The summed E-state index contributed by atoms with van der Waals surface area (Å²) in [6.45, 7) is 1.79. The van der Waals surface area contributed by atoms with Crippen molar-refractivity contribution in [3.8, 4) is 5.69 Å². The zero-order valence-electron chi connectivity index (χ0n) is 13.7. The summed E-state index contributed by atoms with van der Waals surface area (Å²) in [7, 11) is 0. The standard InChI is InChI=1S/C17H14N4O5/c1-2-26-17(23)15-13(16(22)14-4-3-9-18-14)10-20(19-15)11-5-7-12(8-6-11)21(24)25/h3-10,18H,2H2,1H3. The monoisotopic (exact) mass is 354 g/mol. The largest absolute Gasteiger partial charge is 0.461 e. The quantitative estimate of drug-likeness (QED) is 0.314. The molecule has 3 rings (SSSR count). The van der Waals surface area contributed by atoms with Crippen molar-refractivity contribution in [3.05, 3.63) is 75.9 Å². The number of nitro benzene ring substituents is 1. The first-order valence-corrected chi connectivity index (χ1v) is 7.71. The van der Waals surface area contributed by atoms with Gasteiger partial charge in [0.15, 0.2) is 5.69 Å². The van der Waals surface area contributed by atoms with Crippen molar-refractivity contribution in [2.45, 2.75) is 6.92 Å². The number of nitro groups is 1. The molecule has 0 spiro atoms. The molecule has 1 aromatic carbocycles. The number of ketones is 1. The summed E-state index contributed by atoms with van der Waals surface area (Å²) in [5.74, 6) is -1.13. The van der Waals surface area contributed by atoms with Crippen LogP contribution in [0, 0.1) is 10.1 Å². The predicted molar refractivity (Wildman–Crippen MR) is 90.4 cm³/mol. The van der Waals surface area contributed by atoms with Crippen LogP contribution in [-0.4, -0.2) is 38.0 Å². The SMILES string of the molecule is CCOC(=O)c1nn(-c2ccc([N+](=O)[O-])cc2)cc1C(=O)c1ccc[nH]1. The average molecular weight is 354 g/mol. The fraction of sp³-hybridized carbons (Fsp3) is 0.118. The summed E-state index contributed by atoms with van der Waals surface area (Å²) in [6, 6.07) is 8.82.